The van der Waals surface area contributed by atoms with E-state index in [9.17, 15) is 9.59 Å². The first-order chi connectivity index (χ1) is 11.9. The van der Waals surface area contributed by atoms with Gasteiger partial charge in [0.2, 0.25) is 0 Å². The van der Waals surface area contributed by atoms with Crippen LogP contribution in [0.25, 0.3) is 0 Å². The number of carbonyl (C=O) groups excluding carboxylic acids is 2. The van der Waals surface area contributed by atoms with Crippen LogP contribution in [0.4, 0.5) is 9.59 Å². The van der Waals surface area contributed by atoms with Gasteiger partial charge in [-0.3, -0.25) is 0 Å². The number of nitrogens with zero attached hydrogens (tertiary/aromatic N) is 1. The SMILES string of the molecule is COc1cc(/C=N\NC(=O)OC(C)(C)C)ccc1OC(=O)OC(C)(C)C. The molecule has 0 aromatic heterocycles. The van der Waals surface area contributed by atoms with Gasteiger partial charge in [-0.2, -0.15) is 5.10 Å². The van der Waals surface area contributed by atoms with Gasteiger partial charge in [0.05, 0.1) is 13.3 Å². The van der Waals surface area contributed by atoms with Crippen molar-refractivity contribution in [2.75, 3.05) is 7.11 Å². The molecule has 0 heterocycles. The van der Waals surface area contributed by atoms with E-state index in [0.29, 0.717) is 11.3 Å². The number of methoxy groups -OCH3 is 1. The second-order valence-corrected chi connectivity index (χ2v) is 7.35. The van der Waals surface area contributed by atoms with E-state index >= 15 is 0 Å². The van der Waals surface area contributed by atoms with Crippen LogP contribution in [0, 0.1) is 0 Å². The number of rotatable bonds is 4. The highest BCUT2D eigenvalue weighted by Gasteiger charge is 2.19. The minimum absolute atomic E-state index is 0.207. The van der Waals surface area contributed by atoms with E-state index < -0.39 is 23.5 Å². The summed E-state index contributed by atoms with van der Waals surface area (Å²) in [5.41, 5.74) is 1.61. The summed E-state index contributed by atoms with van der Waals surface area (Å²) < 4.78 is 20.5. The van der Waals surface area contributed by atoms with E-state index in [1.165, 1.54) is 19.4 Å². The number of hydrazone groups is 1. The van der Waals surface area contributed by atoms with Crippen LogP contribution in [0.5, 0.6) is 11.5 Å². The molecule has 1 aromatic carbocycles. The topological polar surface area (TPSA) is 95.5 Å². The third-order valence-corrected chi connectivity index (χ3v) is 2.54. The van der Waals surface area contributed by atoms with Crippen molar-refractivity contribution in [1.29, 1.82) is 0 Å². The highest BCUT2D eigenvalue weighted by Crippen LogP contribution is 2.28. The molecule has 0 aliphatic carbocycles. The highest BCUT2D eigenvalue weighted by atomic mass is 16.7. The standard InChI is InChI=1S/C18H26N2O6/c1-17(2,3)25-15(21)20-19-11-12-8-9-13(14(10-12)23-7)24-16(22)26-18(4,5)6/h8-11H,1-7H3,(H,20,21)/b19-11-. The Bertz CT molecular complexity index is 671. The van der Waals surface area contributed by atoms with Crippen LogP contribution < -0.4 is 14.9 Å². The average molecular weight is 366 g/mol. The molecular formula is C18H26N2O6. The number of nitrogens with one attached hydrogen (secondary N) is 1. The summed E-state index contributed by atoms with van der Waals surface area (Å²) in [6, 6.07) is 4.78. The third-order valence-electron chi connectivity index (χ3n) is 2.54. The minimum Gasteiger partial charge on any atom is -0.493 e. The van der Waals surface area contributed by atoms with E-state index in [-0.39, 0.29) is 5.75 Å². The highest BCUT2D eigenvalue weighted by molar-refractivity contribution is 5.82. The van der Waals surface area contributed by atoms with Gasteiger partial charge in [0, 0.05) is 0 Å². The Morgan fingerprint density at radius 2 is 1.62 bits per heavy atom. The number of carbonyl (C=O) groups is 2. The molecule has 26 heavy (non-hydrogen) atoms. The maximum atomic E-state index is 11.8. The lowest BCUT2D eigenvalue weighted by molar-refractivity contribution is 0.0200. The van der Waals surface area contributed by atoms with Gasteiger partial charge >= 0.3 is 12.2 Å². The maximum absolute atomic E-state index is 11.8. The molecule has 0 bridgehead atoms. The van der Waals surface area contributed by atoms with E-state index in [4.69, 9.17) is 18.9 Å². The zero-order valence-corrected chi connectivity index (χ0v) is 16.2. The molecule has 0 radical (unpaired) electrons. The van der Waals surface area contributed by atoms with Gasteiger partial charge in [-0.25, -0.2) is 15.0 Å². The predicted molar refractivity (Wildman–Crippen MR) is 96.8 cm³/mol. The first-order valence-corrected chi connectivity index (χ1v) is 8.00. The zero-order valence-electron chi connectivity index (χ0n) is 16.2. The number of amides is 1. The van der Waals surface area contributed by atoms with Gasteiger partial charge in [-0.05, 0) is 65.3 Å². The summed E-state index contributed by atoms with van der Waals surface area (Å²) in [5.74, 6) is 0.524. The molecule has 0 saturated heterocycles. The number of ether oxygens (including phenoxy) is 4. The first kappa shape index (κ1) is 21.3. The smallest absolute Gasteiger partial charge is 0.493 e. The van der Waals surface area contributed by atoms with Crippen LogP contribution in [0.2, 0.25) is 0 Å². The quantitative estimate of drug-likeness (QED) is 0.376. The molecule has 1 rings (SSSR count). The van der Waals surface area contributed by atoms with E-state index in [1.54, 1.807) is 53.7 Å². The number of hydrogen-bond acceptors (Lipinski definition) is 7. The molecule has 0 fully saturated rings. The van der Waals surface area contributed by atoms with Gasteiger partial charge in [-0.1, -0.05) is 0 Å². The zero-order chi connectivity index (χ0) is 20.0. The fourth-order valence-corrected chi connectivity index (χ4v) is 1.67. The van der Waals surface area contributed by atoms with Crippen LogP contribution in [0.1, 0.15) is 47.1 Å². The molecule has 0 atom stereocenters. The van der Waals surface area contributed by atoms with Crippen LogP contribution >= 0.6 is 0 Å². The molecule has 1 aromatic rings. The van der Waals surface area contributed by atoms with Crippen molar-refractivity contribution in [3.05, 3.63) is 23.8 Å². The second-order valence-electron chi connectivity index (χ2n) is 7.35. The van der Waals surface area contributed by atoms with Crippen LogP contribution in [0.3, 0.4) is 0 Å². The van der Waals surface area contributed by atoms with E-state index in [1.807, 2.05) is 0 Å². The van der Waals surface area contributed by atoms with Crippen molar-refractivity contribution >= 4 is 18.5 Å². The molecule has 0 aliphatic rings. The van der Waals surface area contributed by atoms with Crippen molar-refractivity contribution < 1.29 is 28.5 Å². The molecule has 0 saturated carbocycles. The number of hydrogen-bond donors (Lipinski definition) is 1. The van der Waals surface area contributed by atoms with Crippen molar-refractivity contribution in [3.63, 3.8) is 0 Å². The number of benzene rings is 1. The lowest BCUT2D eigenvalue weighted by Crippen LogP contribution is -2.29. The van der Waals surface area contributed by atoms with Crippen molar-refractivity contribution in [3.8, 4) is 11.5 Å². The molecule has 1 amide bonds. The summed E-state index contributed by atoms with van der Waals surface area (Å²) >= 11 is 0. The summed E-state index contributed by atoms with van der Waals surface area (Å²) in [4.78, 5) is 23.3. The van der Waals surface area contributed by atoms with E-state index in [0.717, 1.165) is 0 Å². The Hall–Kier alpha value is -2.77. The Labute approximate surface area is 153 Å². The molecule has 0 aliphatic heterocycles. The molecule has 0 unspecified atom stereocenters. The molecule has 0 spiro atoms. The van der Waals surface area contributed by atoms with E-state index in [2.05, 4.69) is 10.5 Å². The maximum Gasteiger partial charge on any atom is 0.514 e. The van der Waals surface area contributed by atoms with Gasteiger partial charge in [-0.15, -0.1) is 0 Å². The van der Waals surface area contributed by atoms with Gasteiger partial charge < -0.3 is 18.9 Å². The Morgan fingerprint density at radius 3 is 2.15 bits per heavy atom. The summed E-state index contributed by atoms with van der Waals surface area (Å²) in [6.07, 6.45) is -0.0848. The lowest BCUT2D eigenvalue weighted by atomic mass is 10.2. The Kier molecular flexibility index (Phi) is 7.00. The molecule has 1 N–H and O–H groups in total. The molecular weight excluding hydrogens is 340 g/mol. The predicted octanol–water partition coefficient (Wildman–Crippen LogP) is 3.87. The van der Waals surface area contributed by atoms with Gasteiger partial charge in [0.1, 0.15) is 11.2 Å². The fourth-order valence-electron chi connectivity index (χ4n) is 1.67. The third kappa shape index (κ3) is 8.36. The van der Waals surface area contributed by atoms with Gasteiger partial charge in [0.25, 0.3) is 0 Å². The van der Waals surface area contributed by atoms with Crippen LogP contribution in [-0.2, 0) is 9.47 Å². The largest absolute Gasteiger partial charge is 0.514 e. The van der Waals surface area contributed by atoms with Crippen LogP contribution in [0.15, 0.2) is 23.3 Å². The normalized spacial score (nSPS) is 11.8. The average Bonchev–Trinajstić information content (AvgIpc) is 2.44. The monoisotopic (exact) mass is 366 g/mol. The first-order valence-electron chi connectivity index (χ1n) is 8.00. The lowest BCUT2D eigenvalue weighted by Gasteiger charge is -2.19. The summed E-state index contributed by atoms with van der Waals surface area (Å²) in [5, 5.41) is 3.80. The van der Waals surface area contributed by atoms with Crippen molar-refractivity contribution in [2.24, 2.45) is 5.10 Å². The minimum atomic E-state index is -0.830. The molecule has 8 heteroatoms. The van der Waals surface area contributed by atoms with Crippen molar-refractivity contribution in [2.45, 2.75) is 52.7 Å². The molecule has 144 valence electrons. The fraction of sp³-hybridized carbons (Fsp3) is 0.500. The van der Waals surface area contributed by atoms with Gasteiger partial charge in [0.15, 0.2) is 11.5 Å². The second kappa shape index (κ2) is 8.55. The Balaban J connectivity index is 2.75. The van der Waals surface area contributed by atoms with Crippen molar-refractivity contribution in [1.82, 2.24) is 5.43 Å². The Morgan fingerprint density at radius 1 is 1.00 bits per heavy atom. The summed E-state index contributed by atoms with van der Waals surface area (Å²) in [6.45, 7) is 10.5. The molecule has 8 nitrogen and oxygen atoms in total. The summed E-state index contributed by atoms with van der Waals surface area (Å²) in [7, 11) is 1.44. The van der Waals surface area contributed by atoms with Crippen LogP contribution in [-0.4, -0.2) is 36.8 Å².